The summed E-state index contributed by atoms with van der Waals surface area (Å²) in [6.45, 7) is 2.28. The zero-order valence-electron chi connectivity index (χ0n) is 14.4. The zero-order chi connectivity index (χ0) is 18.2. The van der Waals surface area contributed by atoms with Crippen molar-refractivity contribution in [1.82, 2.24) is 15.3 Å². The molecule has 1 amide bonds. The summed E-state index contributed by atoms with van der Waals surface area (Å²) < 4.78 is 10.5. The standard InChI is InChI=1S/C17H21N3O4S/c1-11-8-16(20-17(22)19-11)25-10-15(21)18-7-6-12-4-5-13(23-2)14(9-12)24-3/h4-5,8-9H,6-7,10H2,1-3H3,(H,18,21)(H,19,20,22). The number of aromatic nitrogens is 2. The number of nitrogens with one attached hydrogen (secondary N) is 2. The molecule has 25 heavy (non-hydrogen) atoms. The molecule has 2 rings (SSSR count). The summed E-state index contributed by atoms with van der Waals surface area (Å²) in [7, 11) is 3.18. The lowest BCUT2D eigenvalue weighted by molar-refractivity contribution is -0.118. The smallest absolute Gasteiger partial charge is 0.346 e. The quantitative estimate of drug-likeness (QED) is 0.546. The molecule has 134 valence electrons. The third-order valence-corrected chi connectivity index (χ3v) is 4.30. The highest BCUT2D eigenvalue weighted by Gasteiger charge is 2.07. The minimum atomic E-state index is -0.406. The Morgan fingerprint density at radius 3 is 2.68 bits per heavy atom. The Bertz CT molecular complexity index is 792. The SMILES string of the molecule is COc1ccc(CCNC(=O)CSc2cc(C)[nH]c(=O)n2)cc1OC. The van der Waals surface area contributed by atoms with Crippen LogP contribution in [0.4, 0.5) is 0 Å². The van der Waals surface area contributed by atoms with Crippen LogP contribution in [0.15, 0.2) is 34.1 Å². The third-order valence-electron chi connectivity index (χ3n) is 3.39. The summed E-state index contributed by atoms with van der Waals surface area (Å²) in [6.07, 6.45) is 0.680. The molecule has 0 fully saturated rings. The van der Waals surface area contributed by atoms with Crippen LogP contribution in [0.2, 0.25) is 0 Å². The van der Waals surface area contributed by atoms with Crippen molar-refractivity contribution in [1.29, 1.82) is 0 Å². The number of rotatable bonds is 8. The molecular formula is C17H21N3O4S. The van der Waals surface area contributed by atoms with Gasteiger partial charge in [0.1, 0.15) is 5.03 Å². The van der Waals surface area contributed by atoms with Gasteiger partial charge in [0.15, 0.2) is 11.5 Å². The van der Waals surface area contributed by atoms with E-state index >= 15 is 0 Å². The molecule has 2 aromatic rings. The van der Waals surface area contributed by atoms with Crippen molar-refractivity contribution in [3.63, 3.8) is 0 Å². The number of aromatic amines is 1. The molecule has 0 bridgehead atoms. The first kappa shape index (κ1) is 18.9. The van der Waals surface area contributed by atoms with Crippen molar-refractivity contribution in [2.24, 2.45) is 0 Å². The van der Waals surface area contributed by atoms with Crippen molar-refractivity contribution < 1.29 is 14.3 Å². The molecule has 0 unspecified atom stereocenters. The van der Waals surface area contributed by atoms with Crippen LogP contribution in [-0.4, -0.2) is 42.4 Å². The molecule has 7 nitrogen and oxygen atoms in total. The van der Waals surface area contributed by atoms with Crippen LogP contribution in [0.3, 0.4) is 0 Å². The van der Waals surface area contributed by atoms with Gasteiger partial charge < -0.3 is 19.8 Å². The number of hydrogen-bond donors (Lipinski definition) is 2. The summed E-state index contributed by atoms with van der Waals surface area (Å²) in [5, 5.41) is 3.39. The lowest BCUT2D eigenvalue weighted by Crippen LogP contribution is -2.27. The van der Waals surface area contributed by atoms with Crippen LogP contribution in [0.25, 0.3) is 0 Å². The molecule has 1 aromatic heterocycles. The molecule has 0 aliphatic carbocycles. The maximum Gasteiger partial charge on any atom is 0.346 e. The van der Waals surface area contributed by atoms with E-state index in [0.29, 0.717) is 29.5 Å². The fraction of sp³-hybridized carbons (Fsp3) is 0.353. The van der Waals surface area contributed by atoms with Gasteiger partial charge in [0.05, 0.1) is 20.0 Å². The molecule has 0 radical (unpaired) electrons. The van der Waals surface area contributed by atoms with E-state index in [4.69, 9.17) is 9.47 Å². The van der Waals surface area contributed by atoms with Crippen molar-refractivity contribution >= 4 is 17.7 Å². The second-order valence-corrected chi connectivity index (χ2v) is 6.28. The number of benzene rings is 1. The number of methoxy groups -OCH3 is 2. The van der Waals surface area contributed by atoms with Crippen molar-refractivity contribution in [2.45, 2.75) is 18.4 Å². The third kappa shape index (κ3) is 5.82. The van der Waals surface area contributed by atoms with Gasteiger partial charge in [-0.15, -0.1) is 0 Å². The Balaban J connectivity index is 1.79. The van der Waals surface area contributed by atoms with Crippen molar-refractivity contribution in [3.05, 3.63) is 46.0 Å². The Morgan fingerprint density at radius 1 is 1.24 bits per heavy atom. The van der Waals surface area contributed by atoms with E-state index < -0.39 is 5.69 Å². The Kier molecular flexibility index (Phi) is 6.88. The number of thioether (sulfide) groups is 1. The molecule has 0 atom stereocenters. The Hall–Kier alpha value is -2.48. The molecule has 2 N–H and O–H groups in total. The van der Waals surface area contributed by atoms with Gasteiger partial charge in [-0.05, 0) is 37.1 Å². The predicted molar refractivity (Wildman–Crippen MR) is 96.6 cm³/mol. The predicted octanol–water partition coefficient (Wildman–Crippen LogP) is 1.55. The Labute approximate surface area is 150 Å². The molecule has 0 spiro atoms. The first-order valence-electron chi connectivity index (χ1n) is 7.70. The maximum atomic E-state index is 11.9. The fourth-order valence-electron chi connectivity index (χ4n) is 2.20. The topological polar surface area (TPSA) is 93.3 Å². The molecule has 1 aromatic carbocycles. The minimum Gasteiger partial charge on any atom is -0.493 e. The summed E-state index contributed by atoms with van der Waals surface area (Å²) >= 11 is 1.23. The van der Waals surface area contributed by atoms with Crippen LogP contribution in [0.5, 0.6) is 11.5 Å². The van der Waals surface area contributed by atoms with E-state index in [9.17, 15) is 9.59 Å². The molecule has 0 saturated carbocycles. The first-order chi connectivity index (χ1) is 12.0. The van der Waals surface area contributed by atoms with Crippen LogP contribution in [0, 0.1) is 6.92 Å². The number of hydrogen-bond acceptors (Lipinski definition) is 6. The van der Waals surface area contributed by atoms with Crippen LogP contribution >= 0.6 is 11.8 Å². The summed E-state index contributed by atoms with van der Waals surface area (Å²) in [5.74, 6) is 1.44. The lowest BCUT2D eigenvalue weighted by atomic mass is 10.1. The zero-order valence-corrected chi connectivity index (χ0v) is 15.2. The number of carbonyl (C=O) groups excluding carboxylic acids is 1. The largest absolute Gasteiger partial charge is 0.493 e. The maximum absolute atomic E-state index is 11.9. The highest BCUT2D eigenvalue weighted by Crippen LogP contribution is 2.27. The van der Waals surface area contributed by atoms with Crippen LogP contribution in [-0.2, 0) is 11.2 Å². The number of ether oxygens (including phenoxy) is 2. The summed E-state index contributed by atoms with van der Waals surface area (Å²) in [5.41, 5.74) is 1.35. The number of carbonyl (C=O) groups is 1. The second kappa shape index (κ2) is 9.12. The monoisotopic (exact) mass is 363 g/mol. The number of H-pyrrole nitrogens is 1. The fourth-order valence-corrected chi connectivity index (χ4v) is 2.99. The lowest BCUT2D eigenvalue weighted by Gasteiger charge is -2.10. The van der Waals surface area contributed by atoms with Gasteiger partial charge in [0, 0.05) is 12.2 Å². The highest BCUT2D eigenvalue weighted by molar-refractivity contribution is 7.99. The van der Waals surface area contributed by atoms with E-state index in [2.05, 4.69) is 15.3 Å². The molecular weight excluding hydrogens is 342 g/mol. The van der Waals surface area contributed by atoms with E-state index in [1.807, 2.05) is 18.2 Å². The van der Waals surface area contributed by atoms with Gasteiger partial charge in [-0.25, -0.2) is 4.79 Å². The van der Waals surface area contributed by atoms with Crippen LogP contribution < -0.4 is 20.5 Å². The summed E-state index contributed by atoms with van der Waals surface area (Å²) in [6, 6.07) is 7.41. The van der Waals surface area contributed by atoms with Crippen molar-refractivity contribution in [3.8, 4) is 11.5 Å². The number of aryl methyl sites for hydroxylation is 1. The molecule has 1 heterocycles. The van der Waals surface area contributed by atoms with Gasteiger partial charge >= 0.3 is 5.69 Å². The van der Waals surface area contributed by atoms with E-state index in [1.54, 1.807) is 27.2 Å². The average Bonchev–Trinajstić information content (AvgIpc) is 2.59. The van der Waals surface area contributed by atoms with E-state index in [1.165, 1.54) is 11.8 Å². The molecule has 0 saturated heterocycles. The van der Waals surface area contributed by atoms with Gasteiger partial charge in [-0.2, -0.15) is 4.98 Å². The van der Waals surface area contributed by atoms with Gasteiger partial charge in [-0.1, -0.05) is 17.8 Å². The molecule has 0 aliphatic heterocycles. The number of nitrogens with zero attached hydrogens (tertiary/aromatic N) is 1. The average molecular weight is 363 g/mol. The normalized spacial score (nSPS) is 10.4. The van der Waals surface area contributed by atoms with Crippen LogP contribution in [0.1, 0.15) is 11.3 Å². The summed E-state index contributed by atoms with van der Waals surface area (Å²) in [4.78, 5) is 29.6. The Morgan fingerprint density at radius 2 is 2.00 bits per heavy atom. The molecule has 8 heteroatoms. The van der Waals surface area contributed by atoms with E-state index in [-0.39, 0.29) is 11.7 Å². The minimum absolute atomic E-state index is 0.106. The van der Waals surface area contributed by atoms with Crippen molar-refractivity contribution in [2.75, 3.05) is 26.5 Å². The van der Waals surface area contributed by atoms with Gasteiger partial charge in [-0.3, -0.25) is 4.79 Å². The highest BCUT2D eigenvalue weighted by atomic mass is 32.2. The van der Waals surface area contributed by atoms with E-state index in [0.717, 1.165) is 11.3 Å². The van der Waals surface area contributed by atoms with Gasteiger partial charge in [0.25, 0.3) is 0 Å². The molecule has 0 aliphatic rings. The first-order valence-corrected chi connectivity index (χ1v) is 8.68. The second-order valence-electron chi connectivity index (χ2n) is 5.29. The number of amides is 1. The van der Waals surface area contributed by atoms with Gasteiger partial charge in [0.2, 0.25) is 5.91 Å².